The lowest BCUT2D eigenvalue weighted by atomic mass is 9.91. The third-order valence-electron chi connectivity index (χ3n) is 3.17. The van der Waals surface area contributed by atoms with Gasteiger partial charge in [0.2, 0.25) is 0 Å². The van der Waals surface area contributed by atoms with E-state index in [9.17, 15) is 0 Å². The first kappa shape index (κ1) is 13.6. The van der Waals surface area contributed by atoms with Crippen LogP contribution in [0.25, 0.3) is 0 Å². The van der Waals surface area contributed by atoms with E-state index in [2.05, 4.69) is 45.4 Å². The summed E-state index contributed by atoms with van der Waals surface area (Å²) in [6.07, 6.45) is 0.895. The van der Waals surface area contributed by atoms with Gasteiger partial charge < -0.3 is 10.1 Å². The van der Waals surface area contributed by atoms with Gasteiger partial charge in [-0.25, -0.2) is 4.68 Å². The van der Waals surface area contributed by atoms with Gasteiger partial charge in [-0.1, -0.05) is 12.1 Å². The van der Waals surface area contributed by atoms with Gasteiger partial charge in [-0.15, -0.1) is 5.10 Å². The molecule has 0 amide bonds. The van der Waals surface area contributed by atoms with Crippen LogP contribution in [-0.2, 0) is 11.8 Å². The Labute approximate surface area is 105 Å². The highest BCUT2D eigenvalue weighted by atomic mass is 79.9. The van der Waals surface area contributed by atoms with Crippen molar-refractivity contribution in [1.82, 2.24) is 20.3 Å². The van der Waals surface area contributed by atoms with Crippen LogP contribution in [0, 0.1) is 0 Å². The topological polar surface area (TPSA) is 52.0 Å². The molecule has 0 aliphatic heterocycles. The molecule has 92 valence electrons. The van der Waals surface area contributed by atoms with Gasteiger partial charge in [0.1, 0.15) is 0 Å². The molecule has 0 spiro atoms. The fraction of sp³-hybridized carbons (Fsp3) is 0.800. The van der Waals surface area contributed by atoms with Gasteiger partial charge in [-0.3, -0.25) is 0 Å². The van der Waals surface area contributed by atoms with Gasteiger partial charge in [0.25, 0.3) is 0 Å². The van der Waals surface area contributed by atoms with Crippen LogP contribution in [0.3, 0.4) is 0 Å². The SMILES string of the molecule is CCC(C)(OC)C(NC)c1c(Br)nnn1C. The van der Waals surface area contributed by atoms with Crippen LogP contribution in [0.5, 0.6) is 0 Å². The van der Waals surface area contributed by atoms with Crippen molar-refractivity contribution in [3.8, 4) is 0 Å². The number of nitrogens with zero attached hydrogens (tertiary/aromatic N) is 3. The molecule has 0 fully saturated rings. The molecular weight excluding hydrogens is 272 g/mol. The Morgan fingerprint density at radius 3 is 2.56 bits per heavy atom. The number of ether oxygens (including phenoxy) is 1. The molecule has 6 heteroatoms. The molecule has 0 aliphatic carbocycles. The molecule has 0 aromatic carbocycles. The standard InChI is InChI=1S/C10H19BrN4O/c1-6-10(2,16-5)8(12-3)7-9(11)13-14-15(7)4/h8,12H,6H2,1-5H3. The Balaban J connectivity index is 3.17. The number of aryl methyl sites for hydroxylation is 1. The molecule has 0 aliphatic rings. The van der Waals surface area contributed by atoms with Crippen molar-refractivity contribution in [3.63, 3.8) is 0 Å². The van der Waals surface area contributed by atoms with Crippen molar-refractivity contribution in [2.75, 3.05) is 14.2 Å². The summed E-state index contributed by atoms with van der Waals surface area (Å²) in [6.45, 7) is 4.18. The first-order valence-corrected chi connectivity index (χ1v) is 6.07. The minimum Gasteiger partial charge on any atom is -0.376 e. The number of nitrogens with one attached hydrogen (secondary N) is 1. The molecular formula is C10H19BrN4O. The van der Waals surface area contributed by atoms with E-state index in [4.69, 9.17) is 4.74 Å². The first-order valence-electron chi connectivity index (χ1n) is 5.27. The van der Waals surface area contributed by atoms with Crippen LogP contribution in [0.2, 0.25) is 0 Å². The fourth-order valence-corrected chi connectivity index (χ4v) is 2.40. The Bertz CT molecular complexity index is 329. The maximum absolute atomic E-state index is 5.62. The Morgan fingerprint density at radius 2 is 2.25 bits per heavy atom. The highest BCUT2D eigenvalue weighted by Crippen LogP contribution is 2.33. The quantitative estimate of drug-likeness (QED) is 0.896. The second-order valence-corrected chi connectivity index (χ2v) is 4.73. The molecule has 2 unspecified atom stereocenters. The van der Waals surface area contributed by atoms with E-state index in [1.54, 1.807) is 11.8 Å². The van der Waals surface area contributed by atoms with E-state index in [1.165, 1.54) is 0 Å². The van der Waals surface area contributed by atoms with Crippen LogP contribution in [-0.4, -0.2) is 34.8 Å². The predicted octanol–water partition coefficient (Wildman–Crippen LogP) is 1.65. The zero-order valence-corrected chi connectivity index (χ0v) is 12.0. The van der Waals surface area contributed by atoms with E-state index in [0.717, 1.165) is 16.7 Å². The van der Waals surface area contributed by atoms with E-state index < -0.39 is 0 Å². The van der Waals surface area contributed by atoms with Crippen molar-refractivity contribution >= 4 is 15.9 Å². The fourth-order valence-electron chi connectivity index (χ4n) is 1.84. The van der Waals surface area contributed by atoms with Gasteiger partial charge in [0.15, 0.2) is 4.60 Å². The summed E-state index contributed by atoms with van der Waals surface area (Å²) in [4.78, 5) is 0. The second-order valence-electron chi connectivity index (χ2n) is 3.98. The van der Waals surface area contributed by atoms with E-state index in [0.29, 0.717) is 0 Å². The molecule has 1 N–H and O–H groups in total. The van der Waals surface area contributed by atoms with Crippen molar-refractivity contribution < 1.29 is 4.74 Å². The van der Waals surface area contributed by atoms with Crippen LogP contribution < -0.4 is 5.32 Å². The molecule has 16 heavy (non-hydrogen) atoms. The summed E-state index contributed by atoms with van der Waals surface area (Å²) in [5.74, 6) is 0. The maximum atomic E-state index is 5.62. The largest absolute Gasteiger partial charge is 0.376 e. The Morgan fingerprint density at radius 1 is 1.62 bits per heavy atom. The van der Waals surface area contributed by atoms with Crippen LogP contribution in [0.4, 0.5) is 0 Å². The number of halogens is 1. The summed E-state index contributed by atoms with van der Waals surface area (Å²) in [6, 6.07) is 0.0388. The maximum Gasteiger partial charge on any atom is 0.153 e. The molecule has 1 aromatic heterocycles. The molecule has 1 heterocycles. The number of hydrogen-bond donors (Lipinski definition) is 1. The lowest BCUT2D eigenvalue weighted by Crippen LogP contribution is -2.42. The highest BCUT2D eigenvalue weighted by molar-refractivity contribution is 9.10. The van der Waals surface area contributed by atoms with E-state index >= 15 is 0 Å². The number of likely N-dealkylation sites (N-methyl/N-ethyl adjacent to an activating group) is 1. The average molecular weight is 291 g/mol. The lowest BCUT2D eigenvalue weighted by Gasteiger charge is -2.35. The van der Waals surface area contributed by atoms with Crippen LogP contribution in [0.1, 0.15) is 32.0 Å². The number of rotatable bonds is 5. The lowest BCUT2D eigenvalue weighted by molar-refractivity contribution is -0.0302. The van der Waals surface area contributed by atoms with Gasteiger partial charge in [0, 0.05) is 14.2 Å². The summed E-state index contributed by atoms with van der Waals surface area (Å²) >= 11 is 3.42. The molecule has 0 radical (unpaired) electrons. The zero-order chi connectivity index (χ0) is 12.3. The van der Waals surface area contributed by atoms with Crippen molar-refractivity contribution in [3.05, 3.63) is 10.3 Å². The number of aromatic nitrogens is 3. The smallest absolute Gasteiger partial charge is 0.153 e. The molecule has 1 aromatic rings. The molecule has 0 saturated carbocycles. The second kappa shape index (κ2) is 5.25. The van der Waals surface area contributed by atoms with Gasteiger partial charge in [-0.2, -0.15) is 0 Å². The van der Waals surface area contributed by atoms with Crippen LogP contribution in [0.15, 0.2) is 4.60 Å². The summed E-state index contributed by atoms with van der Waals surface area (Å²) in [5, 5.41) is 11.3. The molecule has 1 rings (SSSR count). The summed E-state index contributed by atoms with van der Waals surface area (Å²) < 4.78 is 8.14. The molecule has 0 saturated heterocycles. The van der Waals surface area contributed by atoms with Gasteiger partial charge in [-0.05, 0) is 36.3 Å². The van der Waals surface area contributed by atoms with Crippen molar-refractivity contribution in [2.24, 2.45) is 7.05 Å². The first-order chi connectivity index (χ1) is 7.50. The van der Waals surface area contributed by atoms with Gasteiger partial charge >= 0.3 is 0 Å². The van der Waals surface area contributed by atoms with Crippen molar-refractivity contribution in [1.29, 1.82) is 0 Å². The third-order valence-corrected chi connectivity index (χ3v) is 3.73. The summed E-state index contributed by atoms with van der Waals surface area (Å²) in [7, 11) is 5.52. The normalized spacial score (nSPS) is 17.1. The molecule has 5 nitrogen and oxygen atoms in total. The third kappa shape index (κ3) is 2.28. The molecule has 0 bridgehead atoms. The minimum atomic E-state index is -0.285. The van der Waals surface area contributed by atoms with Crippen LogP contribution >= 0.6 is 15.9 Å². The average Bonchev–Trinajstić information content (AvgIpc) is 2.61. The zero-order valence-electron chi connectivity index (χ0n) is 10.4. The highest BCUT2D eigenvalue weighted by Gasteiger charge is 2.36. The minimum absolute atomic E-state index is 0.0388. The number of methoxy groups -OCH3 is 1. The monoisotopic (exact) mass is 290 g/mol. The molecule has 2 atom stereocenters. The Kier molecular flexibility index (Phi) is 4.46. The Hall–Kier alpha value is -0.460. The van der Waals surface area contributed by atoms with Gasteiger partial charge in [0.05, 0.1) is 17.3 Å². The van der Waals surface area contributed by atoms with Crippen molar-refractivity contribution in [2.45, 2.75) is 31.9 Å². The van der Waals surface area contributed by atoms with E-state index in [1.807, 2.05) is 14.1 Å². The summed E-state index contributed by atoms with van der Waals surface area (Å²) in [5.41, 5.74) is 0.709. The number of hydrogen-bond acceptors (Lipinski definition) is 4. The van der Waals surface area contributed by atoms with E-state index in [-0.39, 0.29) is 11.6 Å². The predicted molar refractivity (Wildman–Crippen MR) is 66.2 cm³/mol.